The van der Waals surface area contributed by atoms with Gasteiger partial charge in [-0.2, -0.15) is 0 Å². The van der Waals surface area contributed by atoms with Crippen LogP contribution in [-0.4, -0.2) is 4.57 Å². The van der Waals surface area contributed by atoms with E-state index in [2.05, 4.69) is 29.1 Å². The zero-order chi connectivity index (χ0) is 9.80. The van der Waals surface area contributed by atoms with E-state index in [4.69, 9.17) is 11.6 Å². The van der Waals surface area contributed by atoms with Crippen molar-refractivity contribution in [3.63, 3.8) is 0 Å². The van der Waals surface area contributed by atoms with E-state index < -0.39 is 0 Å². The average molecular weight is 206 g/mol. The summed E-state index contributed by atoms with van der Waals surface area (Å²) in [5.74, 6) is 0. The summed E-state index contributed by atoms with van der Waals surface area (Å²) in [6.07, 6.45) is 5.21. The summed E-state index contributed by atoms with van der Waals surface area (Å²) in [5.41, 5.74) is 1.32. The summed E-state index contributed by atoms with van der Waals surface area (Å²) in [4.78, 5) is 0. The highest BCUT2D eigenvalue weighted by Gasteiger charge is 1.93. The van der Waals surface area contributed by atoms with Crippen LogP contribution in [0.25, 0.3) is 0 Å². The van der Waals surface area contributed by atoms with Crippen molar-refractivity contribution in [2.24, 2.45) is 0 Å². The molecule has 1 aromatic carbocycles. The minimum atomic E-state index is 0.801. The summed E-state index contributed by atoms with van der Waals surface area (Å²) in [6.45, 7) is 1.02. The third-order valence-electron chi connectivity index (χ3n) is 2.24. The Kier molecular flexibility index (Phi) is 2.90. The highest BCUT2D eigenvalue weighted by atomic mass is 35.5. The van der Waals surface area contributed by atoms with Crippen LogP contribution in [0.15, 0.2) is 48.8 Å². The Morgan fingerprint density at radius 3 is 2.29 bits per heavy atom. The smallest absolute Gasteiger partial charge is 0.0406 e. The Labute approximate surface area is 88.9 Å². The molecular formula is C12H12ClN. The number of aromatic nitrogens is 1. The molecule has 2 aromatic rings. The van der Waals surface area contributed by atoms with Crippen LogP contribution in [0.4, 0.5) is 0 Å². The van der Waals surface area contributed by atoms with E-state index in [1.165, 1.54) is 5.56 Å². The standard InChI is InChI=1S/C12H12ClN/c13-12-5-3-11(4-6-12)7-10-14-8-1-2-9-14/h1-6,8-9H,7,10H2. The second kappa shape index (κ2) is 4.34. The van der Waals surface area contributed by atoms with Gasteiger partial charge in [-0.3, -0.25) is 0 Å². The maximum Gasteiger partial charge on any atom is 0.0406 e. The van der Waals surface area contributed by atoms with Crippen molar-refractivity contribution in [2.45, 2.75) is 13.0 Å². The summed E-state index contributed by atoms with van der Waals surface area (Å²) in [6, 6.07) is 12.1. The zero-order valence-corrected chi connectivity index (χ0v) is 8.61. The first-order valence-electron chi connectivity index (χ1n) is 4.70. The molecule has 0 aliphatic rings. The highest BCUT2D eigenvalue weighted by molar-refractivity contribution is 6.30. The van der Waals surface area contributed by atoms with Crippen molar-refractivity contribution in [2.75, 3.05) is 0 Å². The topological polar surface area (TPSA) is 4.93 Å². The monoisotopic (exact) mass is 205 g/mol. The molecule has 0 aliphatic heterocycles. The molecule has 0 saturated carbocycles. The van der Waals surface area contributed by atoms with Gasteiger partial charge in [0.25, 0.3) is 0 Å². The van der Waals surface area contributed by atoms with Crippen LogP contribution < -0.4 is 0 Å². The van der Waals surface area contributed by atoms with Crippen molar-refractivity contribution >= 4 is 11.6 Å². The third-order valence-corrected chi connectivity index (χ3v) is 2.49. The largest absolute Gasteiger partial charge is 0.354 e. The molecule has 1 nitrogen and oxygen atoms in total. The predicted molar refractivity (Wildman–Crippen MR) is 59.6 cm³/mol. The van der Waals surface area contributed by atoms with E-state index in [9.17, 15) is 0 Å². The maximum absolute atomic E-state index is 5.81. The van der Waals surface area contributed by atoms with E-state index in [1.54, 1.807) is 0 Å². The maximum atomic E-state index is 5.81. The molecule has 0 spiro atoms. The van der Waals surface area contributed by atoms with Gasteiger partial charge >= 0.3 is 0 Å². The normalized spacial score (nSPS) is 10.4. The van der Waals surface area contributed by atoms with E-state index in [1.807, 2.05) is 24.3 Å². The third kappa shape index (κ3) is 2.39. The Bertz CT molecular complexity index is 375. The molecule has 0 atom stereocenters. The van der Waals surface area contributed by atoms with Gasteiger partial charge in [0.15, 0.2) is 0 Å². The molecule has 0 aliphatic carbocycles. The lowest BCUT2D eigenvalue weighted by atomic mass is 10.1. The van der Waals surface area contributed by atoms with Crippen molar-refractivity contribution in [1.82, 2.24) is 4.57 Å². The number of hydrogen-bond acceptors (Lipinski definition) is 0. The van der Waals surface area contributed by atoms with Crippen LogP contribution in [0, 0.1) is 0 Å². The van der Waals surface area contributed by atoms with Gasteiger partial charge in [-0.1, -0.05) is 23.7 Å². The quantitative estimate of drug-likeness (QED) is 0.724. The van der Waals surface area contributed by atoms with Crippen LogP contribution >= 0.6 is 11.6 Å². The average Bonchev–Trinajstić information content (AvgIpc) is 2.70. The fourth-order valence-electron chi connectivity index (χ4n) is 1.43. The molecule has 0 N–H and O–H groups in total. The van der Waals surface area contributed by atoms with Gasteiger partial charge < -0.3 is 4.57 Å². The summed E-state index contributed by atoms with van der Waals surface area (Å²) in [7, 11) is 0. The molecule has 0 fully saturated rings. The van der Waals surface area contributed by atoms with E-state index in [-0.39, 0.29) is 0 Å². The molecule has 0 amide bonds. The Morgan fingerprint density at radius 1 is 1.00 bits per heavy atom. The minimum absolute atomic E-state index is 0.801. The van der Waals surface area contributed by atoms with Crippen LogP contribution in [0.5, 0.6) is 0 Å². The Balaban J connectivity index is 1.95. The minimum Gasteiger partial charge on any atom is -0.354 e. The van der Waals surface area contributed by atoms with Gasteiger partial charge in [-0.25, -0.2) is 0 Å². The fraction of sp³-hybridized carbons (Fsp3) is 0.167. The molecule has 2 heteroatoms. The van der Waals surface area contributed by atoms with Gasteiger partial charge in [0, 0.05) is 24.0 Å². The number of nitrogens with zero attached hydrogens (tertiary/aromatic N) is 1. The first-order chi connectivity index (χ1) is 6.84. The molecule has 1 aromatic heterocycles. The molecule has 14 heavy (non-hydrogen) atoms. The molecule has 0 unspecified atom stereocenters. The van der Waals surface area contributed by atoms with E-state index in [0.717, 1.165) is 18.0 Å². The van der Waals surface area contributed by atoms with Gasteiger partial charge in [0.1, 0.15) is 0 Å². The van der Waals surface area contributed by atoms with Gasteiger partial charge in [0.05, 0.1) is 0 Å². The fourth-order valence-corrected chi connectivity index (χ4v) is 1.55. The zero-order valence-electron chi connectivity index (χ0n) is 7.86. The lowest BCUT2D eigenvalue weighted by Gasteiger charge is -2.02. The first kappa shape index (κ1) is 9.35. The van der Waals surface area contributed by atoms with Gasteiger partial charge in [-0.05, 0) is 36.2 Å². The molecule has 0 saturated heterocycles. The van der Waals surface area contributed by atoms with Crippen LogP contribution in [-0.2, 0) is 13.0 Å². The summed E-state index contributed by atoms with van der Waals surface area (Å²) < 4.78 is 2.18. The summed E-state index contributed by atoms with van der Waals surface area (Å²) >= 11 is 5.81. The first-order valence-corrected chi connectivity index (χ1v) is 5.07. The lowest BCUT2D eigenvalue weighted by Crippen LogP contribution is -1.97. The number of halogens is 1. The van der Waals surface area contributed by atoms with Crippen molar-refractivity contribution < 1.29 is 0 Å². The van der Waals surface area contributed by atoms with Gasteiger partial charge in [-0.15, -0.1) is 0 Å². The molecule has 1 heterocycles. The highest BCUT2D eigenvalue weighted by Crippen LogP contribution is 2.10. The van der Waals surface area contributed by atoms with Crippen LogP contribution in [0.3, 0.4) is 0 Å². The number of hydrogen-bond donors (Lipinski definition) is 0. The van der Waals surface area contributed by atoms with Crippen molar-refractivity contribution in [1.29, 1.82) is 0 Å². The molecule has 0 bridgehead atoms. The molecule has 72 valence electrons. The van der Waals surface area contributed by atoms with E-state index in [0.29, 0.717) is 0 Å². The second-order valence-electron chi connectivity index (χ2n) is 3.30. The molecule has 2 rings (SSSR count). The molecular weight excluding hydrogens is 194 g/mol. The SMILES string of the molecule is Clc1ccc(CCn2cccc2)cc1. The number of aryl methyl sites for hydroxylation is 2. The molecule has 0 radical (unpaired) electrons. The number of benzene rings is 1. The Morgan fingerprint density at radius 2 is 1.64 bits per heavy atom. The second-order valence-corrected chi connectivity index (χ2v) is 3.73. The van der Waals surface area contributed by atoms with Crippen LogP contribution in [0.1, 0.15) is 5.56 Å². The predicted octanol–water partition coefficient (Wildman–Crippen LogP) is 3.38. The lowest BCUT2D eigenvalue weighted by molar-refractivity contribution is 0.701. The Hall–Kier alpha value is -1.21. The van der Waals surface area contributed by atoms with Crippen LogP contribution in [0.2, 0.25) is 5.02 Å². The summed E-state index contributed by atoms with van der Waals surface area (Å²) in [5, 5.41) is 0.801. The van der Waals surface area contributed by atoms with Crippen molar-refractivity contribution in [3.05, 3.63) is 59.4 Å². The van der Waals surface area contributed by atoms with Gasteiger partial charge in [0.2, 0.25) is 0 Å². The van der Waals surface area contributed by atoms with Crippen molar-refractivity contribution in [3.8, 4) is 0 Å². The number of rotatable bonds is 3. The van der Waals surface area contributed by atoms with E-state index >= 15 is 0 Å².